The molecule has 0 saturated carbocycles. The molecule has 3 rings (SSSR count). The fourth-order valence-corrected chi connectivity index (χ4v) is 4.29. The van der Waals surface area contributed by atoms with Crippen LogP contribution in [0.5, 0.6) is 11.5 Å². The maximum absolute atomic E-state index is 5.92. The number of rotatable bonds is 8. The molecule has 1 saturated heterocycles. The molecule has 0 radical (unpaired) electrons. The number of aliphatic imine (C=N–C) groups is 1. The molecular weight excluding hydrogens is 507 g/mol. The number of guanidine groups is 1. The van der Waals surface area contributed by atoms with Gasteiger partial charge in [-0.05, 0) is 46.2 Å². The van der Waals surface area contributed by atoms with Crippen molar-refractivity contribution in [2.75, 3.05) is 39.8 Å². The van der Waals surface area contributed by atoms with E-state index in [4.69, 9.17) is 14.2 Å². The van der Waals surface area contributed by atoms with E-state index < -0.39 is 0 Å². The molecule has 2 N–H and O–H groups in total. The van der Waals surface area contributed by atoms with Crippen molar-refractivity contribution >= 4 is 29.9 Å². The fraction of sp³-hybridized carbons (Fsp3) is 0.696. The van der Waals surface area contributed by atoms with Gasteiger partial charge in [0, 0.05) is 57.3 Å². The SMILES string of the molecule is CCOc1cc2c(cc1CNC(=NC)NCCCN1CC(C)OC(C)C1)OC(C)C2.I. The number of ether oxygens (including phenoxy) is 3. The Labute approximate surface area is 204 Å². The number of benzene rings is 1. The normalized spacial score (nSPS) is 23.5. The maximum Gasteiger partial charge on any atom is 0.191 e. The van der Waals surface area contributed by atoms with Gasteiger partial charge in [-0.25, -0.2) is 0 Å². The van der Waals surface area contributed by atoms with E-state index in [1.807, 2.05) is 6.92 Å². The summed E-state index contributed by atoms with van der Waals surface area (Å²) in [5.41, 5.74) is 2.31. The van der Waals surface area contributed by atoms with Gasteiger partial charge in [-0.15, -0.1) is 24.0 Å². The fourth-order valence-electron chi connectivity index (χ4n) is 4.29. The number of nitrogens with zero attached hydrogens (tertiary/aromatic N) is 2. The van der Waals surface area contributed by atoms with E-state index in [2.05, 4.69) is 53.4 Å². The standard InChI is InChI=1S/C23H38N4O3.HI/c1-6-28-21-11-19-10-16(2)30-22(19)12-20(21)13-26-23(24-5)25-8-7-9-27-14-17(3)29-18(4)15-27;/h11-12,16-18H,6-10,13-15H2,1-5H3,(H2,24,25,26);1H. The minimum Gasteiger partial charge on any atom is -0.494 e. The van der Waals surface area contributed by atoms with Crippen LogP contribution in [0.1, 0.15) is 45.2 Å². The Bertz CT molecular complexity index is 721. The molecule has 8 heteroatoms. The Kier molecular flexibility index (Phi) is 10.6. The van der Waals surface area contributed by atoms with E-state index in [1.165, 1.54) is 5.56 Å². The summed E-state index contributed by atoms with van der Waals surface area (Å²) in [7, 11) is 1.80. The molecule has 2 aliphatic heterocycles. The summed E-state index contributed by atoms with van der Waals surface area (Å²) in [4.78, 5) is 6.84. The van der Waals surface area contributed by atoms with Gasteiger partial charge in [0.15, 0.2) is 5.96 Å². The lowest BCUT2D eigenvalue weighted by Gasteiger charge is -2.35. The molecule has 176 valence electrons. The molecule has 0 aromatic heterocycles. The molecule has 2 heterocycles. The molecule has 0 spiro atoms. The topological polar surface area (TPSA) is 67.4 Å². The average Bonchev–Trinajstić information content (AvgIpc) is 3.05. The van der Waals surface area contributed by atoms with Crippen molar-refractivity contribution in [2.45, 2.75) is 65.4 Å². The molecule has 1 aromatic rings. The second-order valence-corrected chi connectivity index (χ2v) is 8.36. The van der Waals surface area contributed by atoms with Crippen LogP contribution in [-0.2, 0) is 17.7 Å². The highest BCUT2D eigenvalue weighted by Crippen LogP contribution is 2.35. The Balaban J connectivity index is 0.00000341. The van der Waals surface area contributed by atoms with E-state index in [1.54, 1.807) is 7.05 Å². The Hall–Kier alpha value is -1.26. The van der Waals surface area contributed by atoms with Gasteiger partial charge >= 0.3 is 0 Å². The van der Waals surface area contributed by atoms with Crippen LogP contribution in [0.3, 0.4) is 0 Å². The molecule has 0 aliphatic carbocycles. The lowest BCUT2D eigenvalue weighted by atomic mass is 10.1. The van der Waals surface area contributed by atoms with Crippen LogP contribution in [0.2, 0.25) is 0 Å². The molecule has 3 unspecified atom stereocenters. The molecule has 1 aromatic carbocycles. The first-order valence-electron chi connectivity index (χ1n) is 11.3. The van der Waals surface area contributed by atoms with E-state index in [9.17, 15) is 0 Å². The third-order valence-corrected chi connectivity index (χ3v) is 5.49. The Morgan fingerprint density at radius 3 is 2.58 bits per heavy atom. The second kappa shape index (κ2) is 12.7. The van der Waals surface area contributed by atoms with Crippen LogP contribution in [0.4, 0.5) is 0 Å². The molecule has 2 aliphatic rings. The molecule has 0 bridgehead atoms. The lowest BCUT2D eigenvalue weighted by Crippen LogP contribution is -2.46. The van der Waals surface area contributed by atoms with E-state index in [-0.39, 0.29) is 30.1 Å². The summed E-state index contributed by atoms with van der Waals surface area (Å²) in [5, 5.41) is 6.83. The molecule has 3 atom stereocenters. The second-order valence-electron chi connectivity index (χ2n) is 8.36. The highest BCUT2D eigenvalue weighted by atomic mass is 127. The van der Waals surface area contributed by atoms with E-state index in [0.29, 0.717) is 25.4 Å². The monoisotopic (exact) mass is 546 g/mol. The van der Waals surface area contributed by atoms with Crippen LogP contribution < -0.4 is 20.1 Å². The van der Waals surface area contributed by atoms with Crippen LogP contribution in [0, 0.1) is 0 Å². The van der Waals surface area contributed by atoms with Crippen molar-refractivity contribution in [3.05, 3.63) is 23.3 Å². The summed E-state index contributed by atoms with van der Waals surface area (Å²) >= 11 is 0. The number of morpholine rings is 1. The van der Waals surface area contributed by atoms with Gasteiger partial charge in [-0.3, -0.25) is 9.89 Å². The largest absolute Gasteiger partial charge is 0.494 e. The van der Waals surface area contributed by atoms with Crippen LogP contribution in [-0.4, -0.2) is 69.0 Å². The molecular formula is C23H39IN4O3. The highest BCUT2D eigenvalue weighted by Gasteiger charge is 2.22. The van der Waals surface area contributed by atoms with Crippen molar-refractivity contribution in [1.82, 2.24) is 15.5 Å². The van der Waals surface area contributed by atoms with Gasteiger partial charge in [0.05, 0.1) is 18.8 Å². The number of nitrogens with one attached hydrogen (secondary N) is 2. The predicted molar refractivity (Wildman–Crippen MR) is 136 cm³/mol. The third kappa shape index (κ3) is 7.68. The summed E-state index contributed by atoms with van der Waals surface area (Å²) in [6.45, 7) is 13.7. The zero-order valence-corrected chi connectivity index (χ0v) is 21.9. The van der Waals surface area contributed by atoms with Crippen molar-refractivity contribution in [1.29, 1.82) is 0 Å². The average molecular weight is 546 g/mol. The van der Waals surface area contributed by atoms with Crippen molar-refractivity contribution < 1.29 is 14.2 Å². The molecule has 1 fully saturated rings. The minimum absolute atomic E-state index is 0. The van der Waals surface area contributed by atoms with Crippen LogP contribution >= 0.6 is 24.0 Å². The summed E-state index contributed by atoms with van der Waals surface area (Å²) in [5.74, 6) is 2.70. The number of hydrogen-bond acceptors (Lipinski definition) is 5. The van der Waals surface area contributed by atoms with Gasteiger partial charge in [-0.1, -0.05) is 0 Å². The van der Waals surface area contributed by atoms with Gasteiger partial charge in [0.25, 0.3) is 0 Å². The number of hydrogen-bond donors (Lipinski definition) is 2. The first-order chi connectivity index (χ1) is 14.5. The summed E-state index contributed by atoms with van der Waals surface area (Å²) in [6, 6.07) is 4.23. The van der Waals surface area contributed by atoms with Crippen LogP contribution in [0.15, 0.2) is 17.1 Å². The first kappa shape index (κ1) is 26.0. The van der Waals surface area contributed by atoms with E-state index in [0.717, 1.165) is 62.0 Å². The third-order valence-electron chi connectivity index (χ3n) is 5.49. The molecule has 31 heavy (non-hydrogen) atoms. The van der Waals surface area contributed by atoms with Crippen molar-refractivity contribution in [2.24, 2.45) is 4.99 Å². The van der Waals surface area contributed by atoms with Crippen molar-refractivity contribution in [3.8, 4) is 11.5 Å². The smallest absolute Gasteiger partial charge is 0.191 e. The number of fused-ring (bicyclic) bond motifs is 1. The highest BCUT2D eigenvalue weighted by molar-refractivity contribution is 14.0. The lowest BCUT2D eigenvalue weighted by molar-refractivity contribution is -0.0679. The zero-order valence-electron chi connectivity index (χ0n) is 19.6. The van der Waals surface area contributed by atoms with Gasteiger partial charge in [-0.2, -0.15) is 0 Å². The van der Waals surface area contributed by atoms with Crippen molar-refractivity contribution in [3.63, 3.8) is 0 Å². The first-order valence-corrected chi connectivity index (χ1v) is 11.3. The zero-order chi connectivity index (χ0) is 21.5. The van der Waals surface area contributed by atoms with Gasteiger partial charge in [0.1, 0.15) is 17.6 Å². The van der Waals surface area contributed by atoms with Crippen LogP contribution in [0.25, 0.3) is 0 Å². The Morgan fingerprint density at radius 1 is 1.16 bits per heavy atom. The number of halogens is 1. The van der Waals surface area contributed by atoms with E-state index >= 15 is 0 Å². The minimum atomic E-state index is 0. The van der Waals surface area contributed by atoms with Gasteiger partial charge < -0.3 is 24.8 Å². The molecule has 0 amide bonds. The predicted octanol–water partition coefficient (Wildman–Crippen LogP) is 3.19. The quantitative estimate of drug-likeness (QED) is 0.226. The maximum atomic E-state index is 5.92. The molecule has 7 nitrogen and oxygen atoms in total. The Morgan fingerprint density at radius 2 is 1.90 bits per heavy atom. The summed E-state index contributed by atoms with van der Waals surface area (Å²) < 4.78 is 17.6. The van der Waals surface area contributed by atoms with Gasteiger partial charge in [0.2, 0.25) is 0 Å². The summed E-state index contributed by atoms with van der Waals surface area (Å²) in [6.07, 6.45) is 2.86.